The van der Waals surface area contributed by atoms with Crippen LogP contribution in [0.4, 0.5) is 0 Å². The molecule has 3 heteroatoms. The first-order chi connectivity index (χ1) is 6.03. The molecule has 0 aromatic carbocycles. The number of rotatable bonds is 1. The first-order valence-electron chi connectivity index (χ1n) is 4.38. The van der Waals surface area contributed by atoms with Gasteiger partial charge in [0.25, 0.3) is 0 Å². The van der Waals surface area contributed by atoms with E-state index in [0.29, 0.717) is 13.2 Å². The summed E-state index contributed by atoms with van der Waals surface area (Å²) >= 11 is 0. The number of hydrogen-bond acceptors (Lipinski definition) is 3. The average Bonchev–Trinajstić information content (AvgIpc) is 2.48. The zero-order chi connectivity index (χ0) is 9.90. The number of ketones is 1. The number of carbonyl (C=O) groups is 1. The summed E-state index contributed by atoms with van der Waals surface area (Å²) in [6.07, 6.45) is 0. The Morgan fingerprint density at radius 2 is 1.92 bits per heavy atom. The Labute approximate surface area is 78.4 Å². The SMILES string of the molecule is CC(C)C(=O)C#CC1(C)OCCO1. The molecular formula is C10H14O3. The molecule has 3 nitrogen and oxygen atoms in total. The van der Waals surface area contributed by atoms with Gasteiger partial charge in [-0.05, 0) is 11.8 Å². The van der Waals surface area contributed by atoms with E-state index in [1.54, 1.807) is 6.92 Å². The van der Waals surface area contributed by atoms with Gasteiger partial charge in [0.15, 0.2) is 0 Å². The second-order valence-corrected chi connectivity index (χ2v) is 3.41. The molecule has 72 valence electrons. The third-order valence-corrected chi connectivity index (χ3v) is 1.78. The smallest absolute Gasteiger partial charge is 0.231 e. The van der Waals surface area contributed by atoms with Crippen LogP contribution in [0.1, 0.15) is 20.8 Å². The van der Waals surface area contributed by atoms with Crippen LogP contribution in [0.15, 0.2) is 0 Å². The van der Waals surface area contributed by atoms with Gasteiger partial charge in [-0.25, -0.2) is 0 Å². The summed E-state index contributed by atoms with van der Waals surface area (Å²) in [7, 11) is 0. The molecule has 1 aliphatic rings. The van der Waals surface area contributed by atoms with Crippen LogP contribution in [0.2, 0.25) is 0 Å². The topological polar surface area (TPSA) is 35.5 Å². The van der Waals surface area contributed by atoms with Crippen molar-refractivity contribution in [2.75, 3.05) is 13.2 Å². The highest BCUT2D eigenvalue weighted by Crippen LogP contribution is 2.16. The first kappa shape index (κ1) is 10.2. The molecule has 1 heterocycles. The zero-order valence-corrected chi connectivity index (χ0v) is 8.22. The third-order valence-electron chi connectivity index (χ3n) is 1.78. The maximum Gasteiger partial charge on any atom is 0.231 e. The summed E-state index contributed by atoms with van der Waals surface area (Å²) < 4.78 is 10.4. The molecule has 0 spiro atoms. The maximum atomic E-state index is 11.2. The van der Waals surface area contributed by atoms with Gasteiger partial charge < -0.3 is 9.47 Å². The molecule has 0 aromatic rings. The second kappa shape index (κ2) is 3.91. The van der Waals surface area contributed by atoms with Gasteiger partial charge in [0, 0.05) is 12.8 Å². The van der Waals surface area contributed by atoms with Crippen LogP contribution < -0.4 is 0 Å². The van der Waals surface area contributed by atoms with E-state index in [0.717, 1.165) is 0 Å². The minimum Gasteiger partial charge on any atom is -0.337 e. The van der Waals surface area contributed by atoms with Crippen LogP contribution in [0.3, 0.4) is 0 Å². The van der Waals surface area contributed by atoms with Crippen molar-refractivity contribution in [1.29, 1.82) is 0 Å². The Hall–Kier alpha value is -0.850. The van der Waals surface area contributed by atoms with Crippen molar-refractivity contribution in [2.24, 2.45) is 5.92 Å². The molecule has 1 rings (SSSR count). The molecule has 0 N–H and O–H groups in total. The highest BCUT2D eigenvalue weighted by Gasteiger charge is 2.28. The third kappa shape index (κ3) is 2.83. The first-order valence-corrected chi connectivity index (χ1v) is 4.38. The van der Waals surface area contributed by atoms with Crippen LogP contribution in [0.5, 0.6) is 0 Å². The van der Waals surface area contributed by atoms with Crippen LogP contribution in [-0.4, -0.2) is 24.8 Å². The lowest BCUT2D eigenvalue weighted by Gasteiger charge is -2.13. The number of Topliss-reactive ketones (excluding diaryl/α,β-unsaturated/α-hetero) is 1. The van der Waals surface area contributed by atoms with E-state index in [4.69, 9.17) is 9.47 Å². The van der Waals surface area contributed by atoms with Crippen molar-refractivity contribution >= 4 is 5.78 Å². The molecule has 13 heavy (non-hydrogen) atoms. The lowest BCUT2D eigenvalue weighted by molar-refractivity contribution is -0.116. The number of ether oxygens (including phenoxy) is 2. The molecule has 0 bridgehead atoms. The van der Waals surface area contributed by atoms with E-state index >= 15 is 0 Å². The Balaban J connectivity index is 2.60. The van der Waals surface area contributed by atoms with Gasteiger partial charge in [-0.15, -0.1) is 0 Å². The molecule has 0 aliphatic carbocycles. The Kier molecular flexibility index (Phi) is 3.07. The van der Waals surface area contributed by atoms with E-state index in [1.807, 2.05) is 13.8 Å². The van der Waals surface area contributed by atoms with Crippen molar-refractivity contribution in [1.82, 2.24) is 0 Å². The Bertz CT molecular complexity index is 251. The highest BCUT2D eigenvalue weighted by molar-refractivity contribution is 5.96. The van der Waals surface area contributed by atoms with E-state index in [9.17, 15) is 4.79 Å². The number of hydrogen-bond donors (Lipinski definition) is 0. The summed E-state index contributed by atoms with van der Waals surface area (Å²) in [5, 5.41) is 0. The molecule has 0 radical (unpaired) electrons. The molecule has 0 amide bonds. The van der Waals surface area contributed by atoms with Crippen molar-refractivity contribution in [3.8, 4) is 11.8 Å². The van der Waals surface area contributed by atoms with E-state index in [-0.39, 0.29) is 11.7 Å². The van der Waals surface area contributed by atoms with Crippen LogP contribution >= 0.6 is 0 Å². The molecule has 1 saturated heterocycles. The predicted octanol–water partition coefficient (Wildman–Crippen LogP) is 0.978. The highest BCUT2D eigenvalue weighted by atomic mass is 16.7. The summed E-state index contributed by atoms with van der Waals surface area (Å²) in [5.41, 5.74) is 0. The minimum atomic E-state index is -0.870. The Morgan fingerprint density at radius 1 is 1.38 bits per heavy atom. The van der Waals surface area contributed by atoms with Gasteiger partial charge in [0.1, 0.15) is 0 Å². The monoisotopic (exact) mass is 182 g/mol. The van der Waals surface area contributed by atoms with Crippen molar-refractivity contribution in [3.05, 3.63) is 0 Å². The van der Waals surface area contributed by atoms with Gasteiger partial charge in [-0.2, -0.15) is 0 Å². The van der Waals surface area contributed by atoms with Gasteiger partial charge in [-0.3, -0.25) is 4.79 Å². The van der Waals surface area contributed by atoms with Gasteiger partial charge in [0.2, 0.25) is 11.6 Å². The van der Waals surface area contributed by atoms with Gasteiger partial charge in [-0.1, -0.05) is 13.8 Å². The van der Waals surface area contributed by atoms with Crippen LogP contribution in [-0.2, 0) is 14.3 Å². The molecule has 0 atom stereocenters. The molecule has 1 aliphatic heterocycles. The van der Waals surface area contributed by atoms with Gasteiger partial charge >= 0.3 is 0 Å². The molecule has 0 unspecified atom stereocenters. The fraction of sp³-hybridized carbons (Fsp3) is 0.700. The van der Waals surface area contributed by atoms with E-state index in [1.165, 1.54) is 0 Å². The van der Waals surface area contributed by atoms with E-state index < -0.39 is 5.79 Å². The number of carbonyl (C=O) groups excluding carboxylic acids is 1. The predicted molar refractivity (Wildman–Crippen MR) is 47.9 cm³/mol. The molecular weight excluding hydrogens is 168 g/mol. The van der Waals surface area contributed by atoms with Crippen LogP contribution in [0.25, 0.3) is 0 Å². The standard InChI is InChI=1S/C10H14O3/c1-8(2)9(11)4-5-10(3)12-6-7-13-10/h8H,6-7H2,1-3H3. The summed E-state index contributed by atoms with van der Waals surface area (Å²) in [6.45, 7) is 6.44. The minimum absolute atomic E-state index is 0.0579. The second-order valence-electron chi connectivity index (χ2n) is 3.41. The largest absolute Gasteiger partial charge is 0.337 e. The quantitative estimate of drug-likeness (QED) is 0.448. The fourth-order valence-electron chi connectivity index (χ4n) is 0.906. The van der Waals surface area contributed by atoms with Crippen LogP contribution in [0, 0.1) is 17.8 Å². The normalized spacial score (nSPS) is 19.7. The van der Waals surface area contributed by atoms with Crippen molar-refractivity contribution in [3.63, 3.8) is 0 Å². The zero-order valence-electron chi connectivity index (χ0n) is 8.22. The van der Waals surface area contributed by atoms with E-state index in [2.05, 4.69) is 11.8 Å². The fourth-order valence-corrected chi connectivity index (χ4v) is 0.906. The molecule has 0 aromatic heterocycles. The molecule has 0 saturated carbocycles. The van der Waals surface area contributed by atoms with Crippen molar-refractivity contribution < 1.29 is 14.3 Å². The summed E-state index contributed by atoms with van der Waals surface area (Å²) in [6, 6.07) is 0. The molecule has 1 fully saturated rings. The summed E-state index contributed by atoms with van der Waals surface area (Å²) in [4.78, 5) is 11.2. The lowest BCUT2D eigenvalue weighted by atomic mass is 10.1. The van der Waals surface area contributed by atoms with Crippen molar-refractivity contribution in [2.45, 2.75) is 26.6 Å². The van der Waals surface area contributed by atoms with Gasteiger partial charge in [0.05, 0.1) is 13.2 Å². The summed E-state index contributed by atoms with van der Waals surface area (Å²) in [5.74, 6) is 4.21. The average molecular weight is 182 g/mol. The lowest BCUT2D eigenvalue weighted by Crippen LogP contribution is -2.23. The Morgan fingerprint density at radius 3 is 2.38 bits per heavy atom. The maximum absolute atomic E-state index is 11.2.